The van der Waals surface area contributed by atoms with E-state index >= 15 is 0 Å². The van der Waals surface area contributed by atoms with Crippen molar-refractivity contribution in [2.24, 2.45) is 5.73 Å². The number of rotatable bonds is 6. The van der Waals surface area contributed by atoms with Gasteiger partial charge in [-0.3, -0.25) is 4.79 Å². The van der Waals surface area contributed by atoms with E-state index in [0.717, 1.165) is 0 Å². The Morgan fingerprint density at radius 2 is 1.85 bits per heavy atom. The van der Waals surface area contributed by atoms with Gasteiger partial charge in [0, 0.05) is 5.69 Å². The highest BCUT2D eigenvalue weighted by molar-refractivity contribution is 6.08. The van der Waals surface area contributed by atoms with Crippen LogP contribution in [0.1, 0.15) is 20.8 Å². The van der Waals surface area contributed by atoms with Gasteiger partial charge in [-0.15, -0.1) is 0 Å². The number of hydrogen-bond donors (Lipinski definition) is 2. The van der Waals surface area contributed by atoms with E-state index in [1.807, 2.05) is 13.8 Å². The molecule has 1 aromatic rings. The van der Waals surface area contributed by atoms with Crippen molar-refractivity contribution in [3.63, 3.8) is 0 Å². The van der Waals surface area contributed by atoms with Crippen molar-refractivity contribution < 1.29 is 19.1 Å². The van der Waals surface area contributed by atoms with Gasteiger partial charge in [0.05, 0.1) is 12.7 Å². The van der Waals surface area contributed by atoms with Crippen LogP contribution in [0, 0.1) is 0 Å². The lowest BCUT2D eigenvalue weighted by Crippen LogP contribution is -2.43. The number of carbonyl (C=O) groups is 2. The van der Waals surface area contributed by atoms with E-state index in [-0.39, 0.29) is 12.7 Å². The predicted molar refractivity (Wildman–Crippen MR) is 75.4 cm³/mol. The normalized spacial score (nSPS) is 11.8. The Hall–Kier alpha value is -2.08. The molecule has 1 rings (SSSR count). The number of benzene rings is 1. The van der Waals surface area contributed by atoms with E-state index in [0.29, 0.717) is 11.4 Å². The highest BCUT2D eigenvalue weighted by atomic mass is 16.5. The molecule has 1 atom stereocenters. The van der Waals surface area contributed by atoms with Crippen LogP contribution in [0.15, 0.2) is 24.3 Å². The standard InChI is InChI=1S/C14H20N2O4/c1-4-19-14(18)12(15)13(17)16-10-5-7-11(8-6-10)20-9(2)3/h5-9,12H,4,15H2,1-3H3,(H,16,17). The topological polar surface area (TPSA) is 90.7 Å². The Balaban J connectivity index is 2.60. The highest BCUT2D eigenvalue weighted by Crippen LogP contribution is 2.17. The molecule has 0 aliphatic heterocycles. The lowest BCUT2D eigenvalue weighted by molar-refractivity contribution is -0.146. The minimum Gasteiger partial charge on any atom is -0.491 e. The Morgan fingerprint density at radius 3 is 2.35 bits per heavy atom. The molecule has 0 radical (unpaired) electrons. The van der Waals surface area contributed by atoms with Gasteiger partial charge in [0.25, 0.3) is 5.91 Å². The van der Waals surface area contributed by atoms with Gasteiger partial charge in [-0.2, -0.15) is 0 Å². The molecule has 0 bridgehead atoms. The maximum absolute atomic E-state index is 11.7. The van der Waals surface area contributed by atoms with Crippen molar-refractivity contribution in [3.05, 3.63) is 24.3 Å². The van der Waals surface area contributed by atoms with Crippen molar-refractivity contribution in [3.8, 4) is 5.75 Å². The average Bonchev–Trinajstić information content (AvgIpc) is 2.39. The average molecular weight is 280 g/mol. The zero-order chi connectivity index (χ0) is 15.1. The van der Waals surface area contributed by atoms with Gasteiger partial charge in [0.2, 0.25) is 0 Å². The summed E-state index contributed by atoms with van der Waals surface area (Å²) in [5, 5.41) is 2.54. The zero-order valence-electron chi connectivity index (χ0n) is 11.9. The third-order valence-electron chi connectivity index (χ3n) is 2.32. The summed E-state index contributed by atoms with van der Waals surface area (Å²) in [6.45, 7) is 5.68. The first-order valence-electron chi connectivity index (χ1n) is 6.43. The van der Waals surface area contributed by atoms with E-state index in [9.17, 15) is 9.59 Å². The van der Waals surface area contributed by atoms with E-state index < -0.39 is 17.9 Å². The summed E-state index contributed by atoms with van der Waals surface area (Å²) in [6.07, 6.45) is 0.0766. The largest absolute Gasteiger partial charge is 0.491 e. The van der Waals surface area contributed by atoms with Crippen LogP contribution < -0.4 is 15.8 Å². The molecular formula is C14H20N2O4. The summed E-state index contributed by atoms with van der Waals surface area (Å²) in [5.74, 6) is -0.654. The second-order valence-corrected chi connectivity index (χ2v) is 4.41. The third-order valence-corrected chi connectivity index (χ3v) is 2.32. The van der Waals surface area contributed by atoms with Crippen molar-refractivity contribution in [2.45, 2.75) is 32.9 Å². The van der Waals surface area contributed by atoms with E-state index in [4.69, 9.17) is 10.5 Å². The molecule has 0 heterocycles. The molecule has 20 heavy (non-hydrogen) atoms. The molecule has 0 aromatic heterocycles. The van der Waals surface area contributed by atoms with Gasteiger partial charge in [0.1, 0.15) is 5.75 Å². The molecule has 1 aromatic carbocycles. The molecule has 6 nitrogen and oxygen atoms in total. The number of carbonyl (C=O) groups excluding carboxylic acids is 2. The quantitative estimate of drug-likeness (QED) is 0.605. The predicted octanol–water partition coefficient (Wildman–Crippen LogP) is 1.30. The first kappa shape index (κ1) is 16.0. The second-order valence-electron chi connectivity index (χ2n) is 4.41. The molecule has 6 heteroatoms. The summed E-state index contributed by atoms with van der Waals surface area (Å²) in [4.78, 5) is 23.0. The van der Waals surface area contributed by atoms with Crippen LogP contribution in [0.3, 0.4) is 0 Å². The van der Waals surface area contributed by atoms with Gasteiger partial charge in [-0.25, -0.2) is 4.79 Å². The number of nitrogens with one attached hydrogen (secondary N) is 1. The summed E-state index contributed by atoms with van der Waals surface area (Å²) in [6, 6.07) is 5.47. The maximum Gasteiger partial charge on any atom is 0.332 e. The third kappa shape index (κ3) is 4.89. The van der Waals surface area contributed by atoms with Crippen LogP contribution in [0.25, 0.3) is 0 Å². The number of ether oxygens (including phenoxy) is 2. The number of nitrogens with two attached hydrogens (primary N) is 1. The fourth-order valence-electron chi connectivity index (χ4n) is 1.45. The van der Waals surface area contributed by atoms with Crippen molar-refractivity contribution in [1.82, 2.24) is 0 Å². The molecule has 110 valence electrons. The van der Waals surface area contributed by atoms with E-state index in [1.54, 1.807) is 31.2 Å². The van der Waals surface area contributed by atoms with Gasteiger partial charge in [-0.05, 0) is 45.0 Å². The number of esters is 1. The summed E-state index contributed by atoms with van der Waals surface area (Å²) in [5.41, 5.74) is 6.01. The molecule has 0 aliphatic carbocycles. The van der Waals surface area contributed by atoms with Crippen LogP contribution in [0.4, 0.5) is 5.69 Å². The maximum atomic E-state index is 11.7. The lowest BCUT2D eigenvalue weighted by atomic mass is 10.2. The molecule has 0 saturated carbocycles. The van der Waals surface area contributed by atoms with Crippen molar-refractivity contribution >= 4 is 17.6 Å². The number of anilines is 1. The van der Waals surface area contributed by atoms with Crippen LogP contribution in [0.2, 0.25) is 0 Å². The molecule has 0 aliphatic rings. The van der Waals surface area contributed by atoms with E-state index in [2.05, 4.69) is 10.1 Å². The van der Waals surface area contributed by atoms with Gasteiger partial charge < -0.3 is 20.5 Å². The SMILES string of the molecule is CCOC(=O)C(N)C(=O)Nc1ccc(OC(C)C)cc1. The summed E-state index contributed by atoms with van der Waals surface area (Å²) < 4.78 is 10.2. The molecule has 1 amide bonds. The van der Waals surface area contributed by atoms with Crippen LogP contribution in [0.5, 0.6) is 5.75 Å². The number of amides is 1. The fourth-order valence-corrected chi connectivity index (χ4v) is 1.45. The Kier molecular flexibility index (Phi) is 5.99. The second kappa shape index (κ2) is 7.49. The summed E-state index contributed by atoms with van der Waals surface area (Å²) >= 11 is 0. The highest BCUT2D eigenvalue weighted by Gasteiger charge is 2.23. The van der Waals surface area contributed by atoms with Crippen molar-refractivity contribution in [1.29, 1.82) is 0 Å². The first-order valence-corrected chi connectivity index (χ1v) is 6.43. The number of hydrogen-bond acceptors (Lipinski definition) is 5. The minimum atomic E-state index is -1.33. The Morgan fingerprint density at radius 1 is 1.25 bits per heavy atom. The van der Waals surface area contributed by atoms with Gasteiger partial charge in [-0.1, -0.05) is 0 Å². The van der Waals surface area contributed by atoms with Gasteiger partial charge >= 0.3 is 5.97 Å². The van der Waals surface area contributed by atoms with Gasteiger partial charge in [0.15, 0.2) is 6.04 Å². The Labute approximate surface area is 118 Å². The monoisotopic (exact) mass is 280 g/mol. The molecule has 0 saturated heterocycles. The van der Waals surface area contributed by atoms with Crippen molar-refractivity contribution in [2.75, 3.05) is 11.9 Å². The van der Waals surface area contributed by atoms with Crippen LogP contribution >= 0.6 is 0 Å². The summed E-state index contributed by atoms with van der Waals surface area (Å²) in [7, 11) is 0. The zero-order valence-corrected chi connectivity index (χ0v) is 11.9. The molecule has 3 N–H and O–H groups in total. The molecular weight excluding hydrogens is 260 g/mol. The fraction of sp³-hybridized carbons (Fsp3) is 0.429. The smallest absolute Gasteiger partial charge is 0.332 e. The Bertz CT molecular complexity index is 457. The molecule has 0 fully saturated rings. The van der Waals surface area contributed by atoms with E-state index in [1.165, 1.54) is 0 Å². The van der Waals surface area contributed by atoms with Crippen LogP contribution in [-0.4, -0.2) is 30.6 Å². The first-order chi connectivity index (χ1) is 9.43. The molecule has 0 spiro atoms. The molecule has 1 unspecified atom stereocenters. The minimum absolute atomic E-state index is 0.0766. The van der Waals surface area contributed by atoms with Crippen LogP contribution in [-0.2, 0) is 14.3 Å². The lowest BCUT2D eigenvalue weighted by Gasteiger charge is -2.12.